The summed E-state index contributed by atoms with van der Waals surface area (Å²) in [7, 11) is -1.67. The highest BCUT2D eigenvalue weighted by molar-refractivity contribution is 6.73. The maximum Gasteiger partial charge on any atom is 0.192 e. The minimum Gasteiger partial charge on any atom is -0.513 e. The predicted molar refractivity (Wildman–Crippen MR) is 105 cm³/mol. The first-order valence-corrected chi connectivity index (χ1v) is 12.0. The summed E-state index contributed by atoms with van der Waals surface area (Å²) in [5.74, 6) is 1.15. The van der Waals surface area contributed by atoms with Gasteiger partial charge in [0.1, 0.15) is 0 Å². The van der Waals surface area contributed by atoms with E-state index in [2.05, 4.69) is 71.0 Å². The highest BCUT2D eigenvalue weighted by Gasteiger charge is 2.43. The van der Waals surface area contributed by atoms with Crippen molar-refractivity contribution >= 4 is 8.32 Å². The van der Waals surface area contributed by atoms with Gasteiger partial charge in [0, 0.05) is 12.3 Å². The van der Waals surface area contributed by atoms with Crippen LogP contribution in [0.2, 0.25) is 18.1 Å². The maximum atomic E-state index is 10.1. The number of aliphatic hydroxyl groups is 1. The molecule has 0 heterocycles. The van der Waals surface area contributed by atoms with E-state index in [1.54, 1.807) is 0 Å². The third-order valence-corrected chi connectivity index (χ3v) is 10.8. The van der Waals surface area contributed by atoms with Gasteiger partial charge in [0.15, 0.2) is 8.32 Å². The monoisotopic (exact) mass is 346 g/mol. The van der Waals surface area contributed by atoms with Crippen LogP contribution in [-0.4, -0.2) is 19.0 Å². The molecule has 0 amide bonds. The molecule has 2 atom stereocenters. The van der Waals surface area contributed by atoms with E-state index < -0.39 is 8.32 Å². The molecule has 1 aliphatic rings. The maximum absolute atomic E-state index is 10.1. The standard InChI is InChI=1S/C21H34O2Si/c1-6-24(7-2,8-3)23-21(4,5)20-15-14-18(22)16-19(20)17-12-10-9-11-13-17/h9-13,16,19-20,22H,6-8,14-15H2,1-5H3/t19-,20+/m0/s1. The molecule has 1 aromatic carbocycles. The molecule has 0 fully saturated rings. The van der Waals surface area contributed by atoms with Gasteiger partial charge in [-0.05, 0) is 56.0 Å². The zero-order valence-electron chi connectivity index (χ0n) is 16.0. The summed E-state index contributed by atoms with van der Waals surface area (Å²) in [5, 5.41) is 10.1. The second kappa shape index (κ2) is 7.88. The summed E-state index contributed by atoms with van der Waals surface area (Å²) in [6, 6.07) is 14.1. The summed E-state index contributed by atoms with van der Waals surface area (Å²) in [6.07, 6.45) is 3.80. The van der Waals surface area contributed by atoms with E-state index in [9.17, 15) is 5.11 Å². The number of benzene rings is 1. The average molecular weight is 347 g/mol. The molecule has 2 rings (SSSR count). The Hall–Kier alpha value is -1.06. The lowest BCUT2D eigenvalue weighted by Crippen LogP contribution is -2.49. The van der Waals surface area contributed by atoms with Gasteiger partial charge >= 0.3 is 0 Å². The lowest BCUT2D eigenvalue weighted by molar-refractivity contribution is 0.0162. The average Bonchev–Trinajstić information content (AvgIpc) is 2.60. The van der Waals surface area contributed by atoms with Crippen LogP contribution in [0.15, 0.2) is 42.2 Å². The fourth-order valence-electron chi connectivity index (χ4n) is 4.27. The zero-order chi connectivity index (χ0) is 17.8. The van der Waals surface area contributed by atoms with Gasteiger partial charge in [-0.2, -0.15) is 0 Å². The van der Waals surface area contributed by atoms with E-state index in [1.807, 2.05) is 0 Å². The molecule has 1 N–H and O–H groups in total. The molecule has 24 heavy (non-hydrogen) atoms. The Morgan fingerprint density at radius 2 is 1.67 bits per heavy atom. The van der Waals surface area contributed by atoms with Gasteiger partial charge in [0.25, 0.3) is 0 Å². The van der Waals surface area contributed by atoms with Gasteiger partial charge in [0.05, 0.1) is 11.4 Å². The second-order valence-corrected chi connectivity index (χ2v) is 12.4. The zero-order valence-corrected chi connectivity index (χ0v) is 17.0. The van der Waals surface area contributed by atoms with Crippen LogP contribution in [-0.2, 0) is 4.43 Å². The molecule has 2 nitrogen and oxygen atoms in total. The van der Waals surface area contributed by atoms with Crippen LogP contribution >= 0.6 is 0 Å². The molecule has 0 aliphatic heterocycles. The smallest absolute Gasteiger partial charge is 0.192 e. The van der Waals surface area contributed by atoms with Crippen molar-refractivity contribution in [1.82, 2.24) is 0 Å². The molecule has 1 aliphatic carbocycles. The summed E-state index contributed by atoms with van der Waals surface area (Å²) in [5.41, 5.74) is 1.11. The molecular weight excluding hydrogens is 312 g/mol. The van der Waals surface area contributed by atoms with Gasteiger partial charge in [-0.15, -0.1) is 0 Å². The SMILES string of the molecule is CC[Si](CC)(CC)OC(C)(C)[C@@H]1CCC(O)=C[C@H]1c1ccccc1. The Balaban J connectivity index is 2.33. The molecule has 0 spiro atoms. The van der Waals surface area contributed by atoms with E-state index in [0.29, 0.717) is 11.7 Å². The summed E-state index contributed by atoms with van der Waals surface area (Å²) >= 11 is 0. The first kappa shape index (κ1) is 19.3. The molecule has 1 aromatic rings. The Morgan fingerprint density at radius 1 is 1.08 bits per heavy atom. The molecule has 134 valence electrons. The van der Waals surface area contributed by atoms with Crippen molar-refractivity contribution in [2.75, 3.05) is 0 Å². The molecule has 0 bridgehead atoms. The van der Waals surface area contributed by atoms with Gasteiger partial charge in [-0.1, -0.05) is 51.1 Å². The number of hydrogen-bond donors (Lipinski definition) is 1. The van der Waals surface area contributed by atoms with Crippen LogP contribution in [0.25, 0.3) is 0 Å². The van der Waals surface area contributed by atoms with Crippen molar-refractivity contribution < 1.29 is 9.53 Å². The number of allylic oxidation sites excluding steroid dienone is 2. The Labute approximate surface area is 149 Å². The summed E-state index contributed by atoms with van der Waals surface area (Å²) in [6.45, 7) is 11.4. The van der Waals surface area contributed by atoms with Gasteiger partial charge in [0.2, 0.25) is 0 Å². The van der Waals surface area contributed by atoms with Crippen molar-refractivity contribution in [3.05, 3.63) is 47.7 Å². The predicted octanol–water partition coefficient (Wildman–Crippen LogP) is 6.42. The van der Waals surface area contributed by atoms with E-state index in [4.69, 9.17) is 4.43 Å². The van der Waals surface area contributed by atoms with E-state index in [1.165, 1.54) is 23.7 Å². The van der Waals surface area contributed by atoms with Crippen LogP contribution < -0.4 is 0 Å². The van der Waals surface area contributed by atoms with E-state index >= 15 is 0 Å². The van der Waals surface area contributed by atoms with Crippen LogP contribution in [0.3, 0.4) is 0 Å². The van der Waals surface area contributed by atoms with Crippen molar-refractivity contribution in [1.29, 1.82) is 0 Å². The molecule has 0 saturated heterocycles. The largest absolute Gasteiger partial charge is 0.513 e. The number of aliphatic hydroxyl groups excluding tert-OH is 1. The van der Waals surface area contributed by atoms with E-state index in [0.717, 1.165) is 12.8 Å². The summed E-state index contributed by atoms with van der Waals surface area (Å²) in [4.78, 5) is 0. The van der Waals surface area contributed by atoms with Crippen molar-refractivity contribution in [2.45, 2.75) is 77.1 Å². The van der Waals surface area contributed by atoms with Gasteiger partial charge < -0.3 is 9.53 Å². The number of hydrogen-bond acceptors (Lipinski definition) is 2. The van der Waals surface area contributed by atoms with E-state index in [-0.39, 0.29) is 11.5 Å². The van der Waals surface area contributed by atoms with Crippen molar-refractivity contribution in [3.63, 3.8) is 0 Å². The topological polar surface area (TPSA) is 29.5 Å². The molecule has 0 unspecified atom stereocenters. The third kappa shape index (κ3) is 4.12. The van der Waals surface area contributed by atoms with Crippen molar-refractivity contribution in [3.8, 4) is 0 Å². The van der Waals surface area contributed by atoms with Crippen LogP contribution in [0.1, 0.15) is 58.9 Å². The molecule has 0 radical (unpaired) electrons. The minimum absolute atomic E-state index is 0.175. The lowest BCUT2D eigenvalue weighted by Gasteiger charge is -2.46. The van der Waals surface area contributed by atoms with Gasteiger partial charge in [-0.25, -0.2) is 0 Å². The first-order valence-electron chi connectivity index (χ1n) is 9.52. The molecule has 0 aromatic heterocycles. The quantitative estimate of drug-likeness (QED) is 0.577. The highest BCUT2D eigenvalue weighted by Crippen LogP contribution is 2.45. The highest BCUT2D eigenvalue weighted by atomic mass is 28.4. The molecule has 0 saturated carbocycles. The third-order valence-electron chi connectivity index (χ3n) is 6.01. The van der Waals surface area contributed by atoms with Crippen molar-refractivity contribution in [2.24, 2.45) is 5.92 Å². The molecule has 3 heteroatoms. The normalized spacial score (nSPS) is 22.3. The van der Waals surface area contributed by atoms with Crippen LogP contribution in [0.5, 0.6) is 0 Å². The Kier molecular flexibility index (Phi) is 6.32. The fourth-order valence-corrected chi connectivity index (χ4v) is 7.47. The lowest BCUT2D eigenvalue weighted by atomic mass is 9.71. The minimum atomic E-state index is -1.67. The Bertz CT molecular complexity index is 538. The Morgan fingerprint density at radius 3 is 2.21 bits per heavy atom. The number of rotatable bonds is 7. The summed E-state index contributed by atoms with van der Waals surface area (Å²) < 4.78 is 6.93. The second-order valence-electron chi connectivity index (χ2n) is 7.69. The molecular formula is C21H34O2Si. The first-order chi connectivity index (χ1) is 11.4. The van der Waals surface area contributed by atoms with Crippen LogP contribution in [0, 0.1) is 5.92 Å². The van der Waals surface area contributed by atoms with Gasteiger partial charge in [-0.3, -0.25) is 0 Å². The van der Waals surface area contributed by atoms with Crippen LogP contribution in [0.4, 0.5) is 0 Å². The fraction of sp³-hybridized carbons (Fsp3) is 0.619.